The summed E-state index contributed by atoms with van der Waals surface area (Å²) in [5, 5.41) is 13.6. The number of nitrogens with zero attached hydrogens (tertiary/aromatic N) is 1. The van der Waals surface area contributed by atoms with Crippen molar-refractivity contribution in [1.29, 1.82) is 0 Å². The van der Waals surface area contributed by atoms with Gasteiger partial charge in [0.05, 0.1) is 4.92 Å². The average molecular weight is 297 g/mol. The minimum absolute atomic E-state index is 0.0274. The molecule has 1 saturated heterocycles. The Morgan fingerprint density at radius 2 is 2.05 bits per heavy atom. The number of anilines is 1. The van der Waals surface area contributed by atoms with Crippen molar-refractivity contribution in [3.63, 3.8) is 0 Å². The highest BCUT2D eigenvalue weighted by Gasteiger charge is 2.21. The number of benzene rings is 1. The fourth-order valence-corrected chi connectivity index (χ4v) is 3.35. The SMILES string of the molecule is Nc1ccc(C(=O)NC2CCS(=O)CC2)cc1[N+](=O)[O-]. The van der Waals surface area contributed by atoms with Gasteiger partial charge in [0.2, 0.25) is 0 Å². The molecule has 0 spiro atoms. The van der Waals surface area contributed by atoms with Crippen LogP contribution in [0.4, 0.5) is 11.4 Å². The molecule has 108 valence electrons. The normalized spacial score (nSPS) is 22.2. The fraction of sp³-hybridized carbons (Fsp3) is 0.417. The summed E-state index contributed by atoms with van der Waals surface area (Å²) < 4.78 is 11.2. The van der Waals surface area contributed by atoms with E-state index in [2.05, 4.69) is 5.32 Å². The zero-order valence-electron chi connectivity index (χ0n) is 10.7. The molecule has 0 saturated carbocycles. The molecule has 1 aliphatic heterocycles. The first-order chi connectivity index (χ1) is 9.47. The Labute approximate surface area is 118 Å². The van der Waals surface area contributed by atoms with Gasteiger partial charge in [0.25, 0.3) is 11.6 Å². The van der Waals surface area contributed by atoms with E-state index in [-0.39, 0.29) is 28.9 Å². The van der Waals surface area contributed by atoms with Gasteiger partial charge in [-0.15, -0.1) is 0 Å². The van der Waals surface area contributed by atoms with Crippen molar-refractivity contribution in [2.45, 2.75) is 18.9 Å². The second-order valence-corrected chi connectivity index (χ2v) is 6.32. The monoisotopic (exact) mass is 297 g/mol. The van der Waals surface area contributed by atoms with Crippen molar-refractivity contribution in [2.24, 2.45) is 0 Å². The predicted molar refractivity (Wildman–Crippen MR) is 75.9 cm³/mol. The van der Waals surface area contributed by atoms with E-state index in [4.69, 9.17) is 5.73 Å². The van der Waals surface area contributed by atoms with E-state index in [1.807, 2.05) is 0 Å². The van der Waals surface area contributed by atoms with Crippen LogP contribution < -0.4 is 11.1 Å². The van der Waals surface area contributed by atoms with Crippen molar-refractivity contribution >= 4 is 28.1 Å². The number of amides is 1. The molecule has 20 heavy (non-hydrogen) atoms. The highest BCUT2D eigenvalue weighted by Crippen LogP contribution is 2.22. The molecule has 3 N–H and O–H groups in total. The van der Waals surface area contributed by atoms with Crippen molar-refractivity contribution in [2.75, 3.05) is 17.2 Å². The topological polar surface area (TPSA) is 115 Å². The van der Waals surface area contributed by atoms with E-state index < -0.39 is 15.7 Å². The summed E-state index contributed by atoms with van der Waals surface area (Å²) in [5.41, 5.74) is 5.44. The first-order valence-corrected chi connectivity index (χ1v) is 7.66. The number of rotatable bonds is 3. The summed E-state index contributed by atoms with van der Waals surface area (Å²) >= 11 is 0. The Balaban J connectivity index is 2.07. The summed E-state index contributed by atoms with van der Waals surface area (Å²) in [6.07, 6.45) is 1.32. The zero-order valence-corrected chi connectivity index (χ0v) is 11.5. The Morgan fingerprint density at radius 3 is 2.65 bits per heavy atom. The van der Waals surface area contributed by atoms with Crippen LogP contribution in [0.5, 0.6) is 0 Å². The highest BCUT2D eigenvalue weighted by atomic mass is 32.2. The van der Waals surface area contributed by atoms with E-state index in [1.165, 1.54) is 18.2 Å². The van der Waals surface area contributed by atoms with Crippen LogP contribution in [0.2, 0.25) is 0 Å². The number of carbonyl (C=O) groups excluding carboxylic acids is 1. The van der Waals surface area contributed by atoms with Gasteiger partial charge in [-0.1, -0.05) is 0 Å². The van der Waals surface area contributed by atoms with Crippen molar-refractivity contribution < 1.29 is 13.9 Å². The first-order valence-electron chi connectivity index (χ1n) is 6.17. The van der Waals surface area contributed by atoms with Gasteiger partial charge in [-0.05, 0) is 25.0 Å². The number of hydrogen-bond acceptors (Lipinski definition) is 5. The van der Waals surface area contributed by atoms with Crippen molar-refractivity contribution in [3.05, 3.63) is 33.9 Å². The van der Waals surface area contributed by atoms with Crippen LogP contribution in [0.1, 0.15) is 23.2 Å². The largest absolute Gasteiger partial charge is 0.393 e. The summed E-state index contributed by atoms with van der Waals surface area (Å²) in [5.74, 6) is 0.783. The third-order valence-electron chi connectivity index (χ3n) is 3.21. The van der Waals surface area contributed by atoms with Gasteiger partial charge in [0, 0.05) is 40.0 Å². The minimum atomic E-state index is -0.790. The molecule has 0 aliphatic carbocycles. The molecule has 2 rings (SSSR count). The average Bonchev–Trinajstić information content (AvgIpc) is 2.41. The molecule has 0 atom stereocenters. The van der Waals surface area contributed by atoms with Crippen LogP contribution in [-0.2, 0) is 10.8 Å². The van der Waals surface area contributed by atoms with Gasteiger partial charge in [-0.25, -0.2) is 0 Å². The van der Waals surface area contributed by atoms with Crippen molar-refractivity contribution in [3.8, 4) is 0 Å². The third kappa shape index (κ3) is 3.32. The highest BCUT2D eigenvalue weighted by molar-refractivity contribution is 7.85. The standard InChI is InChI=1S/C12H15N3O4S/c13-10-2-1-8(7-11(10)15(17)18)12(16)14-9-3-5-20(19)6-4-9/h1-2,7,9H,3-6,13H2,(H,14,16). The number of carbonyl (C=O) groups is 1. The second-order valence-electron chi connectivity index (χ2n) is 4.63. The predicted octanol–water partition coefficient (Wildman–Crippen LogP) is 0.818. The number of nitrogens with two attached hydrogens (primary N) is 1. The molecule has 1 aromatic rings. The van der Waals surface area contributed by atoms with E-state index in [0.717, 1.165) is 0 Å². The van der Waals surface area contributed by atoms with Gasteiger partial charge < -0.3 is 11.1 Å². The quantitative estimate of drug-likeness (QED) is 0.487. The molecule has 0 bridgehead atoms. The molecular weight excluding hydrogens is 282 g/mol. The van der Waals surface area contributed by atoms with Gasteiger partial charge in [-0.3, -0.25) is 19.1 Å². The summed E-state index contributed by atoms with van der Waals surface area (Å²) in [4.78, 5) is 22.2. The molecule has 8 heteroatoms. The molecule has 0 radical (unpaired) electrons. The zero-order chi connectivity index (χ0) is 14.7. The number of nitro benzene ring substituents is 1. The number of nitrogens with one attached hydrogen (secondary N) is 1. The lowest BCUT2D eigenvalue weighted by Crippen LogP contribution is -2.39. The van der Waals surface area contributed by atoms with E-state index in [9.17, 15) is 19.1 Å². The maximum atomic E-state index is 12.0. The lowest BCUT2D eigenvalue weighted by molar-refractivity contribution is -0.383. The van der Waals surface area contributed by atoms with Gasteiger partial charge in [0.1, 0.15) is 5.69 Å². The van der Waals surface area contributed by atoms with Crippen LogP contribution in [0, 0.1) is 10.1 Å². The first kappa shape index (κ1) is 14.4. The smallest absolute Gasteiger partial charge is 0.292 e. The van der Waals surface area contributed by atoms with Crippen LogP contribution in [0.3, 0.4) is 0 Å². The summed E-state index contributed by atoms with van der Waals surface area (Å²) in [6.45, 7) is 0. The van der Waals surface area contributed by atoms with Gasteiger partial charge in [-0.2, -0.15) is 0 Å². The molecule has 7 nitrogen and oxygen atoms in total. The third-order valence-corrected chi connectivity index (χ3v) is 4.59. The molecule has 1 heterocycles. The summed E-state index contributed by atoms with van der Waals surface area (Å²) in [7, 11) is -0.790. The van der Waals surface area contributed by atoms with Gasteiger partial charge in [0.15, 0.2) is 0 Å². The van der Waals surface area contributed by atoms with Crippen LogP contribution in [0.25, 0.3) is 0 Å². The van der Waals surface area contributed by atoms with Crippen LogP contribution >= 0.6 is 0 Å². The molecule has 1 aromatic carbocycles. The number of hydrogen-bond donors (Lipinski definition) is 2. The number of nitro groups is 1. The van der Waals surface area contributed by atoms with E-state index >= 15 is 0 Å². The van der Waals surface area contributed by atoms with E-state index in [1.54, 1.807) is 0 Å². The maximum absolute atomic E-state index is 12.0. The van der Waals surface area contributed by atoms with Crippen LogP contribution in [0.15, 0.2) is 18.2 Å². The van der Waals surface area contributed by atoms with Crippen molar-refractivity contribution in [1.82, 2.24) is 5.32 Å². The van der Waals surface area contributed by atoms with E-state index in [0.29, 0.717) is 24.3 Å². The Kier molecular flexibility index (Phi) is 4.33. The Hall–Kier alpha value is -1.96. The minimum Gasteiger partial charge on any atom is -0.393 e. The maximum Gasteiger partial charge on any atom is 0.292 e. The number of nitrogen functional groups attached to an aromatic ring is 1. The molecule has 1 fully saturated rings. The molecule has 0 aromatic heterocycles. The lowest BCUT2D eigenvalue weighted by atomic mass is 10.1. The van der Waals surface area contributed by atoms with Gasteiger partial charge >= 0.3 is 0 Å². The molecular formula is C12H15N3O4S. The Bertz CT molecular complexity index is 566. The Morgan fingerprint density at radius 1 is 1.40 bits per heavy atom. The lowest BCUT2D eigenvalue weighted by Gasteiger charge is -2.22. The molecule has 0 unspecified atom stereocenters. The molecule has 1 aliphatic rings. The molecule has 1 amide bonds. The summed E-state index contributed by atoms with van der Waals surface area (Å²) in [6, 6.07) is 3.95. The second kappa shape index (κ2) is 6.00. The van der Waals surface area contributed by atoms with Crippen LogP contribution in [-0.4, -0.2) is 32.6 Å². The fourth-order valence-electron chi connectivity index (χ4n) is 2.05.